The molecule has 0 aliphatic carbocycles. The highest BCUT2D eigenvalue weighted by Crippen LogP contribution is 2.20. The summed E-state index contributed by atoms with van der Waals surface area (Å²) < 4.78 is 0. The number of nitrogens with zero attached hydrogens (tertiary/aromatic N) is 3. The Labute approximate surface area is 115 Å². The Hall–Kier alpha value is -1.58. The van der Waals surface area contributed by atoms with Crippen LogP contribution in [0.4, 0.5) is 5.69 Å². The zero-order chi connectivity index (χ0) is 13.7. The third-order valence-electron chi connectivity index (χ3n) is 3.63. The summed E-state index contributed by atoms with van der Waals surface area (Å²) >= 11 is 0. The van der Waals surface area contributed by atoms with Crippen LogP contribution in [0.2, 0.25) is 0 Å². The Morgan fingerprint density at radius 3 is 2.84 bits per heavy atom. The fourth-order valence-corrected chi connectivity index (χ4v) is 2.40. The van der Waals surface area contributed by atoms with Crippen LogP contribution in [-0.4, -0.2) is 42.5 Å². The number of rotatable bonds is 5. The van der Waals surface area contributed by atoms with Crippen molar-refractivity contribution in [2.75, 3.05) is 31.6 Å². The maximum Gasteiger partial charge on any atom is 0.272 e. The van der Waals surface area contributed by atoms with E-state index in [2.05, 4.69) is 16.8 Å². The van der Waals surface area contributed by atoms with Crippen molar-refractivity contribution in [2.45, 2.75) is 32.6 Å². The van der Waals surface area contributed by atoms with E-state index in [4.69, 9.17) is 0 Å². The SMILES string of the molecule is CCCCN(C)C(=O)c1cc(N2CCCC2)ccn1. The lowest BCUT2D eigenvalue weighted by Gasteiger charge is -2.20. The van der Waals surface area contributed by atoms with E-state index in [0.717, 1.165) is 38.2 Å². The van der Waals surface area contributed by atoms with Gasteiger partial charge in [0.15, 0.2) is 0 Å². The molecule has 2 rings (SSSR count). The number of pyridine rings is 1. The van der Waals surface area contributed by atoms with Crippen molar-refractivity contribution in [2.24, 2.45) is 0 Å². The highest BCUT2D eigenvalue weighted by molar-refractivity contribution is 5.93. The van der Waals surface area contributed by atoms with Crippen LogP contribution in [0.25, 0.3) is 0 Å². The summed E-state index contributed by atoms with van der Waals surface area (Å²) in [7, 11) is 1.85. The molecule has 0 atom stereocenters. The molecule has 1 aromatic rings. The van der Waals surface area contributed by atoms with E-state index in [9.17, 15) is 4.79 Å². The van der Waals surface area contributed by atoms with E-state index in [-0.39, 0.29) is 5.91 Å². The van der Waals surface area contributed by atoms with Crippen LogP contribution >= 0.6 is 0 Å². The lowest BCUT2D eigenvalue weighted by molar-refractivity contribution is 0.0787. The van der Waals surface area contributed by atoms with Gasteiger partial charge in [-0.25, -0.2) is 0 Å². The minimum Gasteiger partial charge on any atom is -0.371 e. The normalized spacial score (nSPS) is 14.7. The molecule has 0 radical (unpaired) electrons. The lowest BCUT2D eigenvalue weighted by atomic mass is 10.2. The topological polar surface area (TPSA) is 36.4 Å². The Balaban J connectivity index is 2.07. The van der Waals surface area contributed by atoms with Crippen LogP contribution in [0.3, 0.4) is 0 Å². The van der Waals surface area contributed by atoms with Crippen LogP contribution in [0.15, 0.2) is 18.3 Å². The second kappa shape index (κ2) is 6.55. The van der Waals surface area contributed by atoms with E-state index in [0.29, 0.717) is 5.69 Å². The number of hydrogen-bond donors (Lipinski definition) is 0. The van der Waals surface area contributed by atoms with E-state index in [1.165, 1.54) is 12.8 Å². The van der Waals surface area contributed by atoms with Crippen molar-refractivity contribution >= 4 is 11.6 Å². The molecule has 104 valence electrons. The second-order valence-corrected chi connectivity index (χ2v) is 5.17. The largest absolute Gasteiger partial charge is 0.371 e. The molecular weight excluding hydrogens is 238 g/mol. The van der Waals surface area contributed by atoms with Gasteiger partial charge in [0.25, 0.3) is 5.91 Å². The van der Waals surface area contributed by atoms with Crippen molar-refractivity contribution in [1.29, 1.82) is 0 Å². The van der Waals surface area contributed by atoms with Gasteiger partial charge in [0.2, 0.25) is 0 Å². The minimum absolute atomic E-state index is 0.0227. The first kappa shape index (κ1) is 13.8. The maximum atomic E-state index is 12.3. The van der Waals surface area contributed by atoms with Crippen molar-refractivity contribution in [1.82, 2.24) is 9.88 Å². The molecule has 1 aliphatic rings. The number of carbonyl (C=O) groups excluding carboxylic acids is 1. The quantitative estimate of drug-likeness (QED) is 0.817. The standard InChI is InChI=1S/C15H23N3O/c1-3-4-9-17(2)15(19)14-12-13(7-8-16-14)18-10-5-6-11-18/h7-8,12H,3-6,9-11H2,1-2H3. The van der Waals surface area contributed by atoms with E-state index in [1.54, 1.807) is 11.1 Å². The lowest BCUT2D eigenvalue weighted by Crippen LogP contribution is -2.28. The molecule has 4 nitrogen and oxygen atoms in total. The summed E-state index contributed by atoms with van der Waals surface area (Å²) in [6.07, 6.45) is 6.35. The van der Waals surface area contributed by atoms with Gasteiger partial charge in [-0.3, -0.25) is 9.78 Å². The van der Waals surface area contributed by atoms with Gasteiger partial charge >= 0.3 is 0 Å². The van der Waals surface area contributed by atoms with Gasteiger partial charge in [-0.1, -0.05) is 13.3 Å². The molecule has 1 saturated heterocycles. The van der Waals surface area contributed by atoms with Crippen LogP contribution in [0.1, 0.15) is 43.1 Å². The number of aromatic nitrogens is 1. The molecule has 0 aromatic carbocycles. The third kappa shape index (κ3) is 3.46. The first-order valence-corrected chi connectivity index (χ1v) is 7.19. The van der Waals surface area contributed by atoms with Crippen LogP contribution in [0, 0.1) is 0 Å². The summed E-state index contributed by atoms with van der Waals surface area (Å²) in [5, 5.41) is 0. The van der Waals surface area contributed by atoms with Gasteiger partial charge in [-0.2, -0.15) is 0 Å². The molecular formula is C15H23N3O. The number of unbranched alkanes of at least 4 members (excludes halogenated alkanes) is 1. The van der Waals surface area contributed by atoms with Crippen molar-refractivity contribution < 1.29 is 4.79 Å². The minimum atomic E-state index is 0.0227. The van der Waals surface area contributed by atoms with Crippen molar-refractivity contribution in [3.63, 3.8) is 0 Å². The monoisotopic (exact) mass is 261 g/mol. The van der Waals surface area contributed by atoms with E-state index < -0.39 is 0 Å². The smallest absolute Gasteiger partial charge is 0.272 e. The number of hydrogen-bond acceptors (Lipinski definition) is 3. The molecule has 0 saturated carbocycles. The number of amides is 1. The Bertz CT molecular complexity index is 427. The molecule has 19 heavy (non-hydrogen) atoms. The van der Waals surface area contributed by atoms with E-state index >= 15 is 0 Å². The van der Waals surface area contributed by atoms with Crippen LogP contribution in [0.5, 0.6) is 0 Å². The number of carbonyl (C=O) groups is 1. The second-order valence-electron chi connectivity index (χ2n) is 5.17. The fourth-order valence-electron chi connectivity index (χ4n) is 2.40. The summed E-state index contributed by atoms with van der Waals surface area (Å²) in [4.78, 5) is 20.6. The van der Waals surface area contributed by atoms with Gasteiger partial charge in [0.05, 0.1) is 0 Å². The molecule has 0 unspecified atom stereocenters. The Morgan fingerprint density at radius 2 is 2.16 bits per heavy atom. The molecule has 4 heteroatoms. The predicted molar refractivity (Wildman–Crippen MR) is 77.6 cm³/mol. The molecule has 0 spiro atoms. The highest BCUT2D eigenvalue weighted by atomic mass is 16.2. The molecule has 1 amide bonds. The Kier molecular flexibility index (Phi) is 4.77. The molecule has 1 fully saturated rings. The Morgan fingerprint density at radius 1 is 1.42 bits per heavy atom. The summed E-state index contributed by atoms with van der Waals surface area (Å²) in [5.41, 5.74) is 1.68. The third-order valence-corrected chi connectivity index (χ3v) is 3.63. The zero-order valence-electron chi connectivity index (χ0n) is 11.9. The zero-order valence-corrected chi connectivity index (χ0v) is 11.9. The first-order chi connectivity index (χ1) is 9.22. The van der Waals surface area contributed by atoms with E-state index in [1.807, 2.05) is 19.2 Å². The number of anilines is 1. The van der Waals surface area contributed by atoms with Gasteiger partial charge < -0.3 is 9.80 Å². The van der Waals surface area contributed by atoms with Gasteiger partial charge in [-0.05, 0) is 31.4 Å². The molecule has 1 aromatic heterocycles. The summed E-state index contributed by atoms with van der Waals surface area (Å²) in [6, 6.07) is 3.92. The van der Waals surface area contributed by atoms with Crippen LogP contribution in [-0.2, 0) is 0 Å². The summed E-state index contributed by atoms with van der Waals surface area (Å²) in [5.74, 6) is 0.0227. The fraction of sp³-hybridized carbons (Fsp3) is 0.600. The summed E-state index contributed by atoms with van der Waals surface area (Å²) in [6.45, 7) is 5.10. The average Bonchev–Trinajstić information content (AvgIpc) is 2.98. The molecule has 0 bridgehead atoms. The predicted octanol–water partition coefficient (Wildman–Crippen LogP) is 2.55. The maximum absolute atomic E-state index is 12.3. The van der Waals surface area contributed by atoms with Gasteiger partial charge in [0, 0.05) is 38.6 Å². The average molecular weight is 261 g/mol. The molecule has 0 N–H and O–H groups in total. The molecule has 1 aliphatic heterocycles. The van der Waals surface area contributed by atoms with Crippen LogP contribution < -0.4 is 4.90 Å². The first-order valence-electron chi connectivity index (χ1n) is 7.19. The van der Waals surface area contributed by atoms with Gasteiger partial charge in [-0.15, -0.1) is 0 Å². The highest BCUT2D eigenvalue weighted by Gasteiger charge is 2.16. The van der Waals surface area contributed by atoms with Crippen molar-refractivity contribution in [3.05, 3.63) is 24.0 Å². The van der Waals surface area contributed by atoms with Crippen molar-refractivity contribution in [3.8, 4) is 0 Å². The van der Waals surface area contributed by atoms with Gasteiger partial charge in [0.1, 0.15) is 5.69 Å². The molecule has 2 heterocycles.